The van der Waals surface area contributed by atoms with Crippen molar-refractivity contribution in [2.24, 2.45) is 10.8 Å². The summed E-state index contributed by atoms with van der Waals surface area (Å²) < 4.78 is 27.3. The quantitative estimate of drug-likeness (QED) is 0.516. The maximum atomic E-state index is 13.6. The molecule has 4 fully saturated rings. The SMILES string of the molecule is BC(B)(c1cc(Cl)ccc1NC1CCC1)N1CCN(C(=O)CNC(=O)C2(C)CC23CCC(F)(F)CC3)CC1. The fourth-order valence-corrected chi connectivity index (χ4v) is 7.02. The molecule has 0 aromatic heterocycles. The van der Waals surface area contributed by atoms with E-state index >= 15 is 0 Å². The third-order valence-electron chi connectivity index (χ3n) is 10.1. The van der Waals surface area contributed by atoms with Crippen LogP contribution in [0.15, 0.2) is 18.2 Å². The number of anilines is 1. The molecule has 11 heteroatoms. The predicted octanol–water partition coefficient (Wildman–Crippen LogP) is 2.55. The first-order valence-electron chi connectivity index (χ1n) is 14.1. The molecule has 38 heavy (non-hydrogen) atoms. The van der Waals surface area contributed by atoms with Crippen LogP contribution in [0.5, 0.6) is 0 Å². The number of hydrogen-bond acceptors (Lipinski definition) is 4. The van der Waals surface area contributed by atoms with E-state index in [2.05, 4.69) is 37.3 Å². The summed E-state index contributed by atoms with van der Waals surface area (Å²) in [6.07, 6.45) is 4.72. The molecule has 0 bridgehead atoms. The minimum atomic E-state index is -2.61. The third kappa shape index (κ3) is 5.19. The summed E-state index contributed by atoms with van der Waals surface area (Å²) in [6, 6.07) is 6.57. The minimum absolute atomic E-state index is 0.0478. The van der Waals surface area contributed by atoms with Crippen LogP contribution < -0.4 is 10.6 Å². The number of carbonyl (C=O) groups is 2. The molecule has 3 saturated carbocycles. The van der Waals surface area contributed by atoms with Crippen molar-refractivity contribution < 1.29 is 18.4 Å². The highest BCUT2D eigenvalue weighted by molar-refractivity contribution is 6.40. The molecule has 2 N–H and O–H groups in total. The lowest BCUT2D eigenvalue weighted by molar-refractivity contribution is -0.136. The predicted molar refractivity (Wildman–Crippen MR) is 151 cm³/mol. The molecule has 1 aliphatic heterocycles. The monoisotopic (exact) mass is 546 g/mol. The smallest absolute Gasteiger partial charge is 0.248 e. The highest BCUT2D eigenvalue weighted by Crippen LogP contribution is 2.71. The summed E-state index contributed by atoms with van der Waals surface area (Å²) in [6.45, 7) is 4.42. The first-order valence-corrected chi connectivity index (χ1v) is 14.5. The van der Waals surface area contributed by atoms with Gasteiger partial charge in [-0.15, -0.1) is 0 Å². The zero-order valence-electron chi connectivity index (χ0n) is 22.8. The van der Waals surface area contributed by atoms with Crippen LogP contribution in [0.3, 0.4) is 0 Å². The molecule has 1 aromatic rings. The van der Waals surface area contributed by atoms with Crippen molar-refractivity contribution in [1.82, 2.24) is 15.1 Å². The van der Waals surface area contributed by atoms with E-state index in [9.17, 15) is 18.4 Å². The number of alkyl halides is 2. The van der Waals surface area contributed by atoms with Crippen LogP contribution in [0.1, 0.15) is 63.9 Å². The van der Waals surface area contributed by atoms with Gasteiger partial charge in [0.1, 0.15) is 15.7 Å². The van der Waals surface area contributed by atoms with Crippen LogP contribution >= 0.6 is 11.6 Å². The van der Waals surface area contributed by atoms with Gasteiger partial charge in [0.15, 0.2) is 0 Å². The Labute approximate surface area is 231 Å². The van der Waals surface area contributed by atoms with Gasteiger partial charge in [-0.3, -0.25) is 9.59 Å². The molecule has 1 atom stereocenters. The number of hydrogen-bond donors (Lipinski definition) is 2. The molecule has 0 radical (unpaired) electrons. The zero-order chi connectivity index (χ0) is 27.3. The molecule has 1 heterocycles. The summed E-state index contributed by atoms with van der Waals surface area (Å²) in [7, 11) is 4.41. The Balaban J connectivity index is 1.13. The molecule has 6 nitrogen and oxygen atoms in total. The van der Waals surface area contributed by atoms with E-state index in [1.54, 1.807) is 0 Å². The van der Waals surface area contributed by atoms with E-state index in [-0.39, 0.29) is 42.0 Å². The van der Waals surface area contributed by atoms with Crippen molar-refractivity contribution in [3.8, 4) is 0 Å². The Hall–Kier alpha value is -1.80. The van der Waals surface area contributed by atoms with Crippen LogP contribution in [0, 0.1) is 10.8 Å². The van der Waals surface area contributed by atoms with Crippen LogP contribution in [0.4, 0.5) is 14.5 Å². The minimum Gasteiger partial charge on any atom is -0.382 e. The normalized spacial score (nSPS) is 27.0. The van der Waals surface area contributed by atoms with Crippen molar-refractivity contribution in [2.45, 2.75) is 75.6 Å². The Bertz CT molecular complexity index is 1080. The number of nitrogens with one attached hydrogen (secondary N) is 2. The Morgan fingerprint density at radius 1 is 1.11 bits per heavy atom. The highest BCUT2D eigenvalue weighted by Gasteiger charge is 2.69. The number of amides is 2. The summed E-state index contributed by atoms with van der Waals surface area (Å²) in [5, 5.41) is 6.96. The van der Waals surface area contributed by atoms with E-state index in [4.69, 9.17) is 11.6 Å². The molecule has 4 aliphatic rings. The molecule has 1 saturated heterocycles. The van der Waals surface area contributed by atoms with E-state index < -0.39 is 11.3 Å². The second-order valence-corrected chi connectivity index (χ2v) is 13.2. The van der Waals surface area contributed by atoms with Gasteiger partial charge in [0.05, 0.1) is 12.0 Å². The molecule has 1 unspecified atom stereocenters. The number of nitrogens with zero attached hydrogens (tertiary/aromatic N) is 2. The lowest BCUT2D eigenvalue weighted by Gasteiger charge is -2.46. The second-order valence-electron chi connectivity index (χ2n) is 12.7. The third-order valence-corrected chi connectivity index (χ3v) is 10.3. The molecule has 1 spiro atoms. The average Bonchev–Trinajstić information content (AvgIpc) is 3.47. The molecule has 206 valence electrons. The van der Waals surface area contributed by atoms with E-state index in [0.29, 0.717) is 43.4 Å². The van der Waals surface area contributed by atoms with Gasteiger partial charge in [0, 0.05) is 55.8 Å². The summed E-state index contributed by atoms with van der Waals surface area (Å²) in [5.41, 5.74) is 1.31. The van der Waals surface area contributed by atoms with Gasteiger partial charge in [-0.2, -0.15) is 0 Å². The lowest BCUT2D eigenvalue weighted by atomic mass is 9.56. The zero-order valence-corrected chi connectivity index (χ0v) is 23.6. The maximum Gasteiger partial charge on any atom is 0.248 e. The van der Waals surface area contributed by atoms with Crippen LogP contribution in [0.2, 0.25) is 5.02 Å². The molecule has 2 amide bonds. The number of halogens is 3. The number of rotatable bonds is 7. The van der Waals surface area contributed by atoms with Gasteiger partial charge in [0.25, 0.3) is 0 Å². The van der Waals surface area contributed by atoms with Crippen molar-refractivity contribution >= 4 is 44.8 Å². The number of benzene rings is 1. The number of piperazine rings is 1. The van der Waals surface area contributed by atoms with Crippen molar-refractivity contribution in [3.05, 3.63) is 28.8 Å². The Kier molecular flexibility index (Phi) is 7.30. The van der Waals surface area contributed by atoms with Gasteiger partial charge in [-0.25, -0.2) is 8.78 Å². The van der Waals surface area contributed by atoms with Crippen molar-refractivity contribution in [1.29, 1.82) is 0 Å². The van der Waals surface area contributed by atoms with Crippen LogP contribution in [-0.4, -0.2) is 82.0 Å². The van der Waals surface area contributed by atoms with E-state index in [0.717, 1.165) is 24.3 Å². The van der Waals surface area contributed by atoms with E-state index in [1.807, 2.05) is 24.0 Å². The fraction of sp³-hybridized carbons (Fsp3) is 0.704. The van der Waals surface area contributed by atoms with Gasteiger partial charge >= 0.3 is 0 Å². The Morgan fingerprint density at radius 2 is 1.76 bits per heavy atom. The first-order chi connectivity index (χ1) is 17.9. The van der Waals surface area contributed by atoms with Gasteiger partial charge in [-0.05, 0) is 73.0 Å². The van der Waals surface area contributed by atoms with Gasteiger partial charge in [-0.1, -0.05) is 18.5 Å². The largest absolute Gasteiger partial charge is 0.382 e. The maximum absolute atomic E-state index is 13.6. The first kappa shape index (κ1) is 27.8. The van der Waals surface area contributed by atoms with Crippen molar-refractivity contribution in [3.63, 3.8) is 0 Å². The Morgan fingerprint density at radius 3 is 2.37 bits per heavy atom. The highest BCUT2D eigenvalue weighted by atomic mass is 35.5. The molecular weight excluding hydrogens is 507 g/mol. The summed E-state index contributed by atoms with van der Waals surface area (Å²) in [4.78, 5) is 30.1. The second kappa shape index (κ2) is 9.99. The van der Waals surface area contributed by atoms with Gasteiger partial charge < -0.3 is 20.4 Å². The molecule has 3 aliphatic carbocycles. The molecule has 1 aromatic carbocycles. The summed E-state index contributed by atoms with van der Waals surface area (Å²) in [5.74, 6) is -2.89. The average molecular weight is 547 g/mol. The lowest BCUT2D eigenvalue weighted by Crippen LogP contribution is -2.58. The molecule has 5 rings (SSSR count). The number of carbonyl (C=O) groups excluding carboxylic acids is 2. The van der Waals surface area contributed by atoms with Gasteiger partial charge in [0.2, 0.25) is 17.7 Å². The molecular formula is C27H39B2ClF2N4O2. The topological polar surface area (TPSA) is 64.7 Å². The van der Waals surface area contributed by atoms with E-state index in [1.165, 1.54) is 19.3 Å². The van der Waals surface area contributed by atoms with Crippen LogP contribution in [0.25, 0.3) is 0 Å². The van der Waals surface area contributed by atoms with Crippen molar-refractivity contribution in [2.75, 3.05) is 38.0 Å². The summed E-state index contributed by atoms with van der Waals surface area (Å²) >= 11 is 6.40. The van der Waals surface area contributed by atoms with Crippen LogP contribution in [-0.2, 0) is 14.9 Å². The standard InChI is InChI=1S/C27H39B2ClF2N4O2/c1-24(17-25(24)7-9-26(31,32)10-8-25)23(38)33-16-22(37)35-11-13-36(14-12-35)27(28,29)20-15-18(30)5-6-21(20)34-19-3-2-4-19/h5-6,15,19,34H,2-4,7-14,16-17,28-29H2,1H3,(H,33,38). The fourth-order valence-electron chi connectivity index (χ4n) is 6.85.